The maximum absolute atomic E-state index is 6.74. The van der Waals surface area contributed by atoms with Gasteiger partial charge in [0.1, 0.15) is 22.3 Å². The lowest BCUT2D eigenvalue weighted by molar-refractivity contribution is 0.669. The van der Waals surface area contributed by atoms with Crippen molar-refractivity contribution in [3.05, 3.63) is 429 Å². The Balaban J connectivity index is 0.000000135. The van der Waals surface area contributed by atoms with Crippen molar-refractivity contribution in [2.24, 2.45) is 0 Å². The van der Waals surface area contributed by atoms with Gasteiger partial charge in [0, 0.05) is 71.5 Å². The van der Waals surface area contributed by atoms with E-state index in [9.17, 15) is 0 Å². The summed E-state index contributed by atoms with van der Waals surface area (Å²) in [6.45, 7) is 0. The molecule has 5 nitrogen and oxygen atoms in total. The molecule has 23 aromatic rings. The summed E-state index contributed by atoms with van der Waals surface area (Å²) in [4.78, 5) is 0. The molecule has 0 aliphatic heterocycles. The molecule has 1 aliphatic rings. The predicted octanol–water partition coefficient (Wildman–Crippen LogP) is 29.6. The number of hydrogen-bond acceptors (Lipinski definition) is 2. The Morgan fingerprint density at radius 2 is 0.579 bits per heavy atom. The van der Waals surface area contributed by atoms with Crippen LogP contribution in [0.5, 0.6) is 0 Å². The molecular weight excluding hydrogens is 1380 g/mol. The fourth-order valence-electron chi connectivity index (χ4n) is 18.6. The average Bonchev–Trinajstić information content (AvgIpc) is 1.61. The fraction of sp³-hybridized carbons (Fsp3) is 0.00917. The molecule has 0 N–H and O–H groups in total. The van der Waals surface area contributed by atoms with Gasteiger partial charge in [-0.3, -0.25) is 0 Å². The van der Waals surface area contributed by atoms with E-state index in [1.165, 1.54) is 133 Å². The van der Waals surface area contributed by atoms with Crippen LogP contribution in [0, 0.1) is 0 Å². The molecule has 18 aromatic carbocycles. The van der Waals surface area contributed by atoms with E-state index < -0.39 is 0 Å². The van der Waals surface area contributed by atoms with Gasteiger partial charge >= 0.3 is 0 Å². The van der Waals surface area contributed by atoms with E-state index in [-0.39, 0.29) is 5.92 Å². The highest BCUT2D eigenvalue weighted by atomic mass is 16.3. The Labute approximate surface area is 657 Å². The quantitative estimate of drug-likeness (QED) is 0.137. The molecule has 0 saturated heterocycles. The second-order valence-corrected chi connectivity index (χ2v) is 30.1. The Morgan fingerprint density at radius 1 is 0.184 bits per heavy atom. The van der Waals surface area contributed by atoms with Gasteiger partial charge in [0.2, 0.25) is 0 Å². The molecule has 0 spiro atoms. The van der Waals surface area contributed by atoms with Crippen LogP contribution in [0.4, 0.5) is 0 Å². The van der Waals surface area contributed by atoms with E-state index in [0.717, 1.165) is 88.4 Å². The smallest absolute Gasteiger partial charge is 0.145 e. The Hall–Kier alpha value is -15.0. The molecule has 0 radical (unpaired) electrons. The maximum Gasteiger partial charge on any atom is 0.145 e. The van der Waals surface area contributed by atoms with E-state index in [2.05, 4.69) is 420 Å². The molecule has 532 valence electrons. The van der Waals surface area contributed by atoms with Crippen molar-refractivity contribution in [3.63, 3.8) is 0 Å². The van der Waals surface area contributed by atoms with Crippen LogP contribution in [0.15, 0.2) is 421 Å². The van der Waals surface area contributed by atoms with Crippen molar-refractivity contribution in [2.45, 2.75) is 5.92 Å². The van der Waals surface area contributed by atoms with Gasteiger partial charge in [-0.25, -0.2) is 0 Å². The number of nitrogens with zero attached hydrogens (tertiary/aromatic N) is 3. The second kappa shape index (κ2) is 26.3. The molecule has 0 fully saturated rings. The third-order valence-corrected chi connectivity index (χ3v) is 23.8. The minimum absolute atomic E-state index is 0.169. The normalized spacial score (nSPS) is 12.6. The summed E-state index contributed by atoms with van der Waals surface area (Å²) in [6, 6.07) is 150. The zero-order valence-corrected chi connectivity index (χ0v) is 62.0. The Bertz CT molecular complexity index is 7790. The molecule has 0 saturated carbocycles. The highest BCUT2D eigenvalue weighted by Crippen LogP contribution is 2.51. The Morgan fingerprint density at radius 3 is 1.18 bits per heavy atom. The number of benzene rings is 18. The van der Waals surface area contributed by atoms with Crippen molar-refractivity contribution in [2.75, 3.05) is 0 Å². The van der Waals surface area contributed by atoms with Crippen molar-refractivity contribution < 1.29 is 8.83 Å². The molecule has 1 aliphatic carbocycles. The molecule has 1 atom stereocenters. The minimum atomic E-state index is 0.169. The summed E-state index contributed by atoms with van der Waals surface area (Å²) >= 11 is 0. The van der Waals surface area contributed by atoms with Crippen LogP contribution in [0.1, 0.15) is 22.6 Å². The van der Waals surface area contributed by atoms with Crippen LogP contribution in [-0.2, 0) is 0 Å². The van der Waals surface area contributed by atoms with E-state index in [1.807, 2.05) is 6.07 Å². The van der Waals surface area contributed by atoms with Crippen LogP contribution in [0.3, 0.4) is 0 Å². The summed E-state index contributed by atoms with van der Waals surface area (Å²) in [5, 5.41) is 11.7. The summed E-state index contributed by atoms with van der Waals surface area (Å²) in [7, 11) is 0. The number of furan rings is 2. The molecule has 114 heavy (non-hydrogen) atoms. The molecule has 5 heterocycles. The maximum atomic E-state index is 6.74. The van der Waals surface area contributed by atoms with E-state index >= 15 is 0 Å². The van der Waals surface area contributed by atoms with Crippen LogP contribution in [0.2, 0.25) is 0 Å². The Kier molecular flexibility index (Phi) is 15.0. The zero-order chi connectivity index (χ0) is 74.9. The topological polar surface area (TPSA) is 41.1 Å². The standard InChI is InChI=1S/C55H35NO.C54H34N2O/c1-3-13-35(14-4-1)37-17-11-19-41(31-37)53-45-23-8-7-21-43(45)48-33-39(25-27-46(48)53)40-26-29-50-49(34-40)54-51(30-28-47-44-22-9-10-24-52(44)57-55(47)54)56(50)42-20-12-18-38(32-42)36-15-5-2-6-16-36;1-3-13-35(14-4-1)37-17-11-19-41(31-37)55-47-23-9-7-21-43(47)45-33-39(25-27-48(45)55)40-26-28-49-46(34-40)53-50(29-30-52-54(53)44-22-8-10-24-51(44)57-52)56(49)42-20-12-18-38(32-42)36-15-5-2-6-16-36/h1-34,53H;1-34H. The summed E-state index contributed by atoms with van der Waals surface area (Å²) in [5.41, 5.74) is 35.1. The van der Waals surface area contributed by atoms with E-state index in [1.54, 1.807) is 0 Å². The molecule has 0 amide bonds. The van der Waals surface area contributed by atoms with Crippen LogP contribution in [0.25, 0.3) is 204 Å². The summed E-state index contributed by atoms with van der Waals surface area (Å²) < 4.78 is 20.4. The van der Waals surface area contributed by atoms with Crippen LogP contribution < -0.4 is 0 Å². The number of fused-ring (bicyclic) bond motifs is 20. The van der Waals surface area contributed by atoms with Crippen molar-refractivity contribution >= 4 is 109 Å². The first kappa shape index (κ1) is 64.9. The lowest BCUT2D eigenvalue weighted by atomic mass is 9.87. The zero-order valence-electron chi connectivity index (χ0n) is 62.0. The lowest BCUT2D eigenvalue weighted by Gasteiger charge is -2.16. The number of para-hydroxylation sites is 3. The molecule has 0 bridgehead atoms. The molecule has 1 unspecified atom stereocenters. The van der Waals surface area contributed by atoms with Gasteiger partial charge < -0.3 is 22.5 Å². The van der Waals surface area contributed by atoms with Gasteiger partial charge in [0.25, 0.3) is 0 Å². The molecular formula is C109H69N3O2. The SMILES string of the molecule is c1ccc(-c2cccc(-n3c4ccccc4c4cc(-c5ccc6c(c5)c5c7c(ccc5n6-c5cccc(-c6ccccc6)c5)oc5ccccc57)ccc43)c2)cc1.c1ccc(-c2cccc(C3c4ccccc4-c4cc(-c5ccc6c(c5)c5c7oc8ccccc8c7ccc5n6-c5cccc(-c6ccccc6)c5)ccc43)c2)cc1. The van der Waals surface area contributed by atoms with E-state index in [0.29, 0.717) is 0 Å². The van der Waals surface area contributed by atoms with Gasteiger partial charge in [0.05, 0.1) is 38.5 Å². The van der Waals surface area contributed by atoms with Gasteiger partial charge in [0.15, 0.2) is 0 Å². The minimum Gasteiger partial charge on any atom is -0.456 e. The van der Waals surface area contributed by atoms with Crippen molar-refractivity contribution in [1.29, 1.82) is 0 Å². The van der Waals surface area contributed by atoms with Gasteiger partial charge in [-0.05, 0) is 216 Å². The van der Waals surface area contributed by atoms with Gasteiger partial charge in [-0.2, -0.15) is 0 Å². The van der Waals surface area contributed by atoms with Crippen LogP contribution >= 0.6 is 0 Å². The highest BCUT2D eigenvalue weighted by molar-refractivity contribution is 6.28. The number of rotatable bonds is 10. The second-order valence-electron chi connectivity index (χ2n) is 30.1. The third-order valence-electron chi connectivity index (χ3n) is 23.8. The number of hydrogen-bond donors (Lipinski definition) is 0. The largest absolute Gasteiger partial charge is 0.456 e. The summed E-state index contributed by atoms with van der Waals surface area (Å²) in [6.07, 6.45) is 0. The summed E-state index contributed by atoms with van der Waals surface area (Å²) in [5.74, 6) is 0.169. The predicted molar refractivity (Wildman–Crippen MR) is 476 cm³/mol. The molecule has 5 aromatic heterocycles. The van der Waals surface area contributed by atoms with E-state index in [4.69, 9.17) is 8.83 Å². The highest BCUT2D eigenvalue weighted by Gasteiger charge is 2.31. The average molecular weight is 1450 g/mol. The van der Waals surface area contributed by atoms with Crippen LogP contribution in [-0.4, -0.2) is 13.7 Å². The first-order valence-corrected chi connectivity index (χ1v) is 39.2. The van der Waals surface area contributed by atoms with Gasteiger partial charge in [-0.15, -0.1) is 0 Å². The first-order valence-electron chi connectivity index (χ1n) is 39.2. The third kappa shape index (κ3) is 10.5. The van der Waals surface area contributed by atoms with Crippen molar-refractivity contribution in [3.8, 4) is 95.0 Å². The monoisotopic (exact) mass is 1450 g/mol. The number of aromatic nitrogens is 3. The lowest BCUT2D eigenvalue weighted by Crippen LogP contribution is -1.99. The first-order chi connectivity index (χ1) is 56.5. The molecule has 24 rings (SSSR count). The van der Waals surface area contributed by atoms with Gasteiger partial charge in [-0.1, -0.05) is 291 Å². The molecule has 5 heteroatoms. The van der Waals surface area contributed by atoms with Crippen molar-refractivity contribution in [1.82, 2.24) is 13.7 Å². The fourth-order valence-corrected chi connectivity index (χ4v) is 18.6.